The minimum atomic E-state index is -0.0362. The molecule has 1 heterocycles. The van der Waals surface area contributed by atoms with Crippen molar-refractivity contribution in [1.29, 1.82) is 0 Å². The van der Waals surface area contributed by atoms with Crippen LogP contribution in [-0.4, -0.2) is 56.0 Å². The van der Waals surface area contributed by atoms with Gasteiger partial charge in [-0.15, -0.1) is 24.0 Å². The molecular formula is C18H27IN4O2S. The molecule has 0 aliphatic rings. The maximum absolute atomic E-state index is 11.8. The minimum Gasteiger partial charge on any atom is -0.459 e. The van der Waals surface area contributed by atoms with Gasteiger partial charge in [0, 0.05) is 37.3 Å². The van der Waals surface area contributed by atoms with Crippen LogP contribution in [0, 0.1) is 6.92 Å². The third kappa shape index (κ3) is 6.39. The number of fused-ring (bicyclic) bond motifs is 1. The number of hydrogen-bond donors (Lipinski definition) is 2. The average Bonchev–Trinajstić information content (AvgIpc) is 2.93. The van der Waals surface area contributed by atoms with Gasteiger partial charge >= 0.3 is 0 Å². The smallest absolute Gasteiger partial charge is 0.243 e. The van der Waals surface area contributed by atoms with Crippen molar-refractivity contribution in [1.82, 2.24) is 15.5 Å². The third-order valence-corrected chi connectivity index (χ3v) is 4.44. The SMILES string of the molecule is CSCCNC(=NCC(=O)N(C)C)NCc1oc2ccccc2c1C.I. The first kappa shape index (κ1) is 22.6. The lowest BCUT2D eigenvalue weighted by atomic mass is 10.1. The van der Waals surface area contributed by atoms with Crippen LogP contribution in [0.25, 0.3) is 11.0 Å². The van der Waals surface area contributed by atoms with Crippen molar-refractivity contribution in [2.45, 2.75) is 13.5 Å². The van der Waals surface area contributed by atoms with Gasteiger partial charge in [0.25, 0.3) is 0 Å². The molecule has 0 aliphatic carbocycles. The van der Waals surface area contributed by atoms with Crippen molar-refractivity contribution in [2.24, 2.45) is 4.99 Å². The molecule has 2 aromatic rings. The normalized spacial score (nSPS) is 11.2. The van der Waals surface area contributed by atoms with Crippen molar-refractivity contribution >= 4 is 58.6 Å². The number of likely N-dealkylation sites (N-methyl/N-ethyl adjacent to an activating group) is 1. The zero-order chi connectivity index (χ0) is 18.2. The predicted octanol–water partition coefficient (Wildman–Crippen LogP) is 2.85. The van der Waals surface area contributed by atoms with Crippen LogP contribution in [0.2, 0.25) is 0 Å². The van der Waals surface area contributed by atoms with Crippen molar-refractivity contribution in [3.8, 4) is 0 Å². The largest absolute Gasteiger partial charge is 0.459 e. The topological polar surface area (TPSA) is 69.9 Å². The quantitative estimate of drug-likeness (QED) is 0.271. The molecular weight excluding hydrogens is 463 g/mol. The summed E-state index contributed by atoms with van der Waals surface area (Å²) in [5, 5.41) is 7.62. The molecule has 1 aromatic heterocycles. The first-order chi connectivity index (χ1) is 12.0. The van der Waals surface area contributed by atoms with Crippen molar-refractivity contribution in [2.75, 3.05) is 39.2 Å². The molecule has 0 unspecified atom stereocenters. The van der Waals surface area contributed by atoms with Crippen molar-refractivity contribution in [3.05, 3.63) is 35.6 Å². The number of halogens is 1. The highest BCUT2D eigenvalue weighted by Crippen LogP contribution is 2.24. The maximum Gasteiger partial charge on any atom is 0.243 e. The molecule has 1 amide bonds. The second-order valence-electron chi connectivity index (χ2n) is 5.87. The summed E-state index contributed by atoms with van der Waals surface area (Å²) in [7, 11) is 3.45. The van der Waals surface area contributed by atoms with Gasteiger partial charge in [-0.2, -0.15) is 11.8 Å². The average molecular weight is 490 g/mol. The summed E-state index contributed by atoms with van der Waals surface area (Å²) >= 11 is 1.75. The first-order valence-electron chi connectivity index (χ1n) is 8.21. The van der Waals surface area contributed by atoms with Crippen LogP contribution in [0.1, 0.15) is 11.3 Å². The van der Waals surface area contributed by atoms with E-state index in [1.165, 1.54) is 4.90 Å². The number of aryl methyl sites for hydroxylation is 1. The molecule has 6 nitrogen and oxygen atoms in total. The Morgan fingerprint density at radius 2 is 2.00 bits per heavy atom. The number of nitrogens with zero attached hydrogens (tertiary/aromatic N) is 2. The fourth-order valence-electron chi connectivity index (χ4n) is 2.29. The Morgan fingerprint density at radius 3 is 2.65 bits per heavy atom. The van der Waals surface area contributed by atoms with E-state index < -0.39 is 0 Å². The zero-order valence-corrected chi connectivity index (χ0v) is 18.8. The summed E-state index contributed by atoms with van der Waals surface area (Å²) in [4.78, 5) is 17.7. The molecule has 1 aromatic carbocycles. The number of furan rings is 1. The summed E-state index contributed by atoms with van der Waals surface area (Å²) in [5.41, 5.74) is 2.00. The third-order valence-electron chi connectivity index (χ3n) is 3.83. The molecule has 0 atom stereocenters. The van der Waals surface area contributed by atoms with E-state index in [4.69, 9.17) is 4.42 Å². The monoisotopic (exact) mass is 490 g/mol. The van der Waals surface area contributed by atoms with E-state index in [1.54, 1.807) is 25.9 Å². The number of benzene rings is 1. The molecule has 0 radical (unpaired) electrons. The highest BCUT2D eigenvalue weighted by Gasteiger charge is 2.11. The molecule has 0 saturated heterocycles. The highest BCUT2D eigenvalue weighted by molar-refractivity contribution is 14.0. The van der Waals surface area contributed by atoms with Gasteiger partial charge in [0.05, 0.1) is 6.54 Å². The Morgan fingerprint density at radius 1 is 1.27 bits per heavy atom. The maximum atomic E-state index is 11.8. The number of guanidine groups is 1. The van der Waals surface area contributed by atoms with Crippen molar-refractivity contribution in [3.63, 3.8) is 0 Å². The number of rotatable bonds is 7. The van der Waals surface area contributed by atoms with E-state index in [0.717, 1.165) is 34.6 Å². The number of nitrogens with one attached hydrogen (secondary N) is 2. The molecule has 144 valence electrons. The summed E-state index contributed by atoms with van der Waals surface area (Å²) in [6.07, 6.45) is 2.05. The fourth-order valence-corrected chi connectivity index (χ4v) is 2.60. The number of carbonyl (C=O) groups is 1. The first-order valence-corrected chi connectivity index (χ1v) is 9.60. The van der Waals surface area contributed by atoms with Crippen molar-refractivity contribution < 1.29 is 9.21 Å². The molecule has 0 bridgehead atoms. The molecule has 2 N–H and O–H groups in total. The second-order valence-corrected chi connectivity index (χ2v) is 6.86. The number of hydrogen-bond acceptors (Lipinski definition) is 4. The van der Waals surface area contributed by atoms with Crippen LogP contribution in [0.5, 0.6) is 0 Å². The van der Waals surface area contributed by atoms with E-state index in [0.29, 0.717) is 12.5 Å². The number of aliphatic imine (C=N–C) groups is 1. The second kappa shape index (κ2) is 11.3. The Kier molecular flexibility index (Phi) is 9.85. The highest BCUT2D eigenvalue weighted by atomic mass is 127. The summed E-state index contributed by atoms with van der Waals surface area (Å²) in [6.45, 7) is 3.46. The van der Waals surface area contributed by atoms with Gasteiger partial charge in [-0.05, 0) is 19.2 Å². The molecule has 0 saturated carbocycles. The lowest BCUT2D eigenvalue weighted by molar-refractivity contribution is -0.127. The van der Waals surface area contributed by atoms with Gasteiger partial charge in [-0.1, -0.05) is 18.2 Å². The zero-order valence-electron chi connectivity index (χ0n) is 15.7. The van der Waals surface area contributed by atoms with Crippen LogP contribution < -0.4 is 10.6 Å². The Balaban J connectivity index is 0.00000338. The lowest BCUT2D eigenvalue weighted by Gasteiger charge is -2.13. The van der Waals surface area contributed by atoms with Crippen LogP contribution in [0.15, 0.2) is 33.7 Å². The summed E-state index contributed by atoms with van der Waals surface area (Å²) < 4.78 is 5.91. The van der Waals surface area contributed by atoms with Crippen LogP contribution >= 0.6 is 35.7 Å². The van der Waals surface area contributed by atoms with E-state index in [1.807, 2.05) is 18.2 Å². The predicted molar refractivity (Wildman–Crippen MR) is 121 cm³/mol. The van der Waals surface area contributed by atoms with E-state index in [2.05, 4.69) is 34.9 Å². The van der Waals surface area contributed by atoms with Crippen LogP contribution in [0.4, 0.5) is 0 Å². The number of carbonyl (C=O) groups excluding carboxylic acids is 1. The van der Waals surface area contributed by atoms with E-state index in [9.17, 15) is 4.79 Å². The van der Waals surface area contributed by atoms with Crippen LogP contribution in [0.3, 0.4) is 0 Å². The van der Waals surface area contributed by atoms with Gasteiger partial charge in [0.2, 0.25) is 5.91 Å². The Bertz CT molecular complexity index is 746. The summed E-state index contributed by atoms with van der Waals surface area (Å²) in [5.74, 6) is 2.42. The number of amides is 1. The molecule has 8 heteroatoms. The number of para-hydroxylation sites is 1. The van der Waals surface area contributed by atoms with E-state index in [-0.39, 0.29) is 36.4 Å². The standard InChI is InChI=1S/C18H26N4O2S.HI/c1-13-14-7-5-6-8-15(14)24-16(13)11-20-18(19-9-10-25-4)21-12-17(23)22(2)3;/h5-8H,9-12H2,1-4H3,(H2,19,20,21);1H. The Hall–Kier alpha value is -1.42. The van der Waals surface area contributed by atoms with Gasteiger partial charge in [-0.3, -0.25) is 4.79 Å². The summed E-state index contributed by atoms with van der Waals surface area (Å²) in [6, 6.07) is 7.99. The molecule has 0 spiro atoms. The minimum absolute atomic E-state index is 0. The molecule has 2 rings (SSSR count). The van der Waals surface area contributed by atoms with Gasteiger partial charge < -0.3 is 20.0 Å². The van der Waals surface area contributed by atoms with Gasteiger partial charge in [0.1, 0.15) is 17.9 Å². The molecule has 0 fully saturated rings. The lowest BCUT2D eigenvalue weighted by Crippen LogP contribution is -2.39. The Labute approximate surface area is 176 Å². The molecule has 26 heavy (non-hydrogen) atoms. The van der Waals surface area contributed by atoms with Gasteiger partial charge in [-0.25, -0.2) is 4.99 Å². The number of thioether (sulfide) groups is 1. The fraction of sp³-hybridized carbons (Fsp3) is 0.444. The van der Waals surface area contributed by atoms with Crippen LogP contribution in [-0.2, 0) is 11.3 Å². The van der Waals surface area contributed by atoms with Gasteiger partial charge in [0.15, 0.2) is 5.96 Å². The van der Waals surface area contributed by atoms with E-state index >= 15 is 0 Å². The molecule has 0 aliphatic heterocycles.